The minimum Gasteiger partial charge on any atom is -0.506 e. The number of rotatable bonds is 3. The van der Waals surface area contributed by atoms with Gasteiger partial charge < -0.3 is 5.11 Å². The Balaban J connectivity index is 2.40. The van der Waals surface area contributed by atoms with Crippen LogP contribution in [0.3, 0.4) is 0 Å². The molecular weight excluding hydrogens is 309 g/mol. The fourth-order valence-corrected chi connectivity index (χ4v) is 2.94. The summed E-state index contributed by atoms with van der Waals surface area (Å²) in [5.74, 6) is -0.214. The highest BCUT2D eigenvalue weighted by atomic mass is 35.5. The molecule has 0 aliphatic rings. The number of hydrogen-bond donors (Lipinski definition) is 2. The molecule has 0 unspecified atom stereocenters. The smallest absolute Gasteiger partial charge is 0.261 e. The standard InChI is InChI=1S/C12H9Cl2NO3S/c13-11-9(6-7-10(16)12(11)14)15-19(17,18)8-4-2-1-3-5-8/h1-7,15-16H. The summed E-state index contributed by atoms with van der Waals surface area (Å²) < 4.78 is 26.5. The predicted molar refractivity (Wildman–Crippen MR) is 75.4 cm³/mol. The summed E-state index contributed by atoms with van der Waals surface area (Å²) in [6.07, 6.45) is 0. The number of anilines is 1. The number of benzene rings is 2. The van der Waals surface area contributed by atoms with E-state index in [9.17, 15) is 13.5 Å². The summed E-state index contributed by atoms with van der Waals surface area (Å²) in [6, 6.07) is 10.4. The van der Waals surface area contributed by atoms with Gasteiger partial charge in [0.15, 0.2) is 0 Å². The molecule has 0 spiro atoms. The van der Waals surface area contributed by atoms with E-state index in [1.807, 2.05) is 0 Å². The molecule has 2 aromatic carbocycles. The van der Waals surface area contributed by atoms with Crippen molar-refractivity contribution in [1.29, 1.82) is 0 Å². The summed E-state index contributed by atoms with van der Waals surface area (Å²) in [5.41, 5.74) is 0.105. The molecule has 0 atom stereocenters. The summed E-state index contributed by atoms with van der Waals surface area (Å²) in [6.45, 7) is 0. The lowest BCUT2D eigenvalue weighted by Crippen LogP contribution is -2.13. The number of sulfonamides is 1. The van der Waals surface area contributed by atoms with Gasteiger partial charge in [0.25, 0.3) is 10.0 Å². The van der Waals surface area contributed by atoms with Crippen LogP contribution in [0.4, 0.5) is 5.69 Å². The van der Waals surface area contributed by atoms with Gasteiger partial charge >= 0.3 is 0 Å². The Morgan fingerprint density at radius 1 is 0.947 bits per heavy atom. The molecule has 100 valence electrons. The monoisotopic (exact) mass is 317 g/mol. The van der Waals surface area contributed by atoms with Crippen LogP contribution in [-0.2, 0) is 10.0 Å². The summed E-state index contributed by atoms with van der Waals surface area (Å²) in [7, 11) is -3.74. The zero-order chi connectivity index (χ0) is 14.0. The van der Waals surface area contributed by atoms with Crippen molar-refractivity contribution in [2.24, 2.45) is 0 Å². The number of halogens is 2. The highest BCUT2D eigenvalue weighted by Crippen LogP contribution is 2.37. The number of hydrogen-bond acceptors (Lipinski definition) is 3. The predicted octanol–water partition coefficient (Wildman–Crippen LogP) is 3.50. The largest absolute Gasteiger partial charge is 0.506 e. The fraction of sp³-hybridized carbons (Fsp3) is 0. The van der Waals surface area contributed by atoms with Crippen LogP contribution in [0.25, 0.3) is 0 Å². The topological polar surface area (TPSA) is 66.4 Å². The van der Waals surface area contributed by atoms with Gasteiger partial charge in [-0.2, -0.15) is 0 Å². The van der Waals surface area contributed by atoms with Crippen molar-refractivity contribution in [2.45, 2.75) is 4.90 Å². The van der Waals surface area contributed by atoms with Gasteiger partial charge in [0, 0.05) is 0 Å². The second kappa shape index (κ2) is 5.28. The quantitative estimate of drug-likeness (QED) is 0.851. The third-order valence-electron chi connectivity index (χ3n) is 2.36. The van der Waals surface area contributed by atoms with Gasteiger partial charge in [0.05, 0.1) is 15.6 Å². The van der Waals surface area contributed by atoms with Crippen LogP contribution < -0.4 is 4.72 Å². The number of phenolic OH excluding ortho intramolecular Hbond substituents is 1. The van der Waals surface area contributed by atoms with Crippen molar-refractivity contribution < 1.29 is 13.5 Å². The maximum Gasteiger partial charge on any atom is 0.261 e. The van der Waals surface area contributed by atoms with Gasteiger partial charge in [0.1, 0.15) is 10.8 Å². The molecule has 0 bridgehead atoms. The average Bonchev–Trinajstić information content (AvgIpc) is 2.40. The molecule has 19 heavy (non-hydrogen) atoms. The molecule has 0 saturated heterocycles. The molecule has 2 N–H and O–H groups in total. The zero-order valence-corrected chi connectivity index (χ0v) is 11.8. The van der Waals surface area contributed by atoms with Crippen LogP contribution >= 0.6 is 23.2 Å². The molecule has 0 heterocycles. The molecule has 0 amide bonds. The summed E-state index contributed by atoms with van der Waals surface area (Å²) >= 11 is 11.6. The third kappa shape index (κ3) is 2.94. The second-order valence-electron chi connectivity index (χ2n) is 3.68. The first-order chi connectivity index (χ1) is 8.92. The molecule has 0 aliphatic carbocycles. The Labute approximate surface area is 120 Å². The van der Waals surface area contributed by atoms with E-state index in [0.717, 1.165) is 0 Å². The molecule has 4 nitrogen and oxygen atoms in total. The summed E-state index contributed by atoms with van der Waals surface area (Å²) in [4.78, 5) is 0.107. The SMILES string of the molecule is O=S(=O)(Nc1ccc(O)c(Cl)c1Cl)c1ccccc1. The van der Waals surface area contributed by atoms with E-state index in [0.29, 0.717) is 0 Å². The molecule has 0 fully saturated rings. The van der Waals surface area contributed by atoms with Crippen LogP contribution in [0, 0.1) is 0 Å². The minimum atomic E-state index is -3.74. The molecule has 2 aromatic rings. The minimum absolute atomic E-state index is 0.0545. The van der Waals surface area contributed by atoms with Crippen LogP contribution in [0.15, 0.2) is 47.4 Å². The van der Waals surface area contributed by atoms with E-state index in [4.69, 9.17) is 23.2 Å². The first-order valence-electron chi connectivity index (χ1n) is 5.16. The molecular formula is C12H9Cl2NO3S. The fourth-order valence-electron chi connectivity index (χ4n) is 1.42. The van der Waals surface area contributed by atoms with Crippen LogP contribution in [0.5, 0.6) is 5.75 Å². The van der Waals surface area contributed by atoms with Gasteiger partial charge in [-0.25, -0.2) is 8.42 Å². The molecule has 0 radical (unpaired) electrons. The van der Waals surface area contributed by atoms with Gasteiger partial charge in [-0.1, -0.05) is 41.4 Å². The third-order valence-corrected chi connectivity index (χ3v) is 4.61. The Morgan fingerprint density at radius 2 is 1.58 bits per heavy atom. The van der Waals surface area contributed by atoms with Gasteiger partial charge in [-0.3, -0.25) is 4.72 Å². The maximum atomic E-state index is 12.1. The van der Waals surface area contributed by atoms with E-state index >= 15 is 0 Å². The van der Waals surface area contributed by atoms with Crippen molar-refractivity contribution in [3.63, 3.8) is 0 Å². The second-order valence-corrected chi connectivity index (χ2v) is 6.12. The van der Waals surface area contributed by atoms with E-state index in [2.05, 4.69) is 4.72 Å². The average molecular weight is 318 g/mol. The Kier molecular flexibility index (Phi) is 3.89. The molecule has 7 heteroatoms. The normalized spacial score (nSPS) is 11.3. The zero-order valence-electron chi connectivity index (χ0n) is 9.47. The van der Waals surface area contributed by atoms with Crippen LogP contribution in [0.1, 0.15) is 0 Å². The molecule has 0 aromatic heterocycles. The number of nitrogens with one attached hydrogen (secondary N) is 1. The highest BCUT2D eigenvalue weighted by molar-refractivity contribution is 7.92. The van der Waals surface area contributed by atoms with E-state index in [1.165, 1.54) is 24.3 Å². The van der Waals surface area contributed by atoms with Crippen molar-refractivity contribution in [3.05, 3.63) is 52.5 Å². The van der Waals surface area contributed by atoms with Gasteiger partial charge in [-0.05, 0) is 24.3 Å². The van der Waals surface area contributed by atoms with Crippen molar-refractivity contribution in [3.8, 4) is 5.75 Å². The first-order valence-corrected chi connectivity index (χ1v) is 7.40. The van der Waals surface area contributed by atoms with E-state index in [1.54, 1.807) is 18.2 Å². The molecule has 0 aliphatic heterocycles. The lowest BCUT2D eigenvalue weighted by atomic mass is 10.3. The Morgan fingerprint density at radius 3 is 2.21 bits per heavy atom. The van der Waals surface area contributed by atoms with Gasteiger partial charge in [0.2, 0.25) is 0 Å². The van der Waals surface area contributed by atoms with E-state index in [-0.39, 0.29) is 26.4 Å². The number of aromatic hydroxyl groups is 1. The summed E-state index contributed by atoms with van der Waals surface area (Å²) in [5, 5.41) is 9.19. The maximum absolute atomic E-state index is 12.1. The Bertz CT molecular complexity index is 702. The van der Waals surface area contributed by atoms with E-state index < -0.39 is 10.0 Å². The number of phenols is 1. The lowest BCUT2D eigenvalue weighted by Gasteiger charge is -2.11. The first kappa shape index (κ1) is 14.0. The van der Waals surface area contributed by atoms with Crippen molar-refractivity contribution in [2.75, 3.05) is 4.72 Å². The Hall–Kier alpha value is -1.43. The molecule has 0 saturated carbocycles. The van der Waals surface area contributed by atoms with Gasteiger partial charge in [-0.15, -0.1) is 0 Å². The molecule has 2 rings (SSSR count). The van der Waals surface area contributed by atoms with Crippen molar-refractivity contribution in [1.82, 2.24) is 0 Å². The van der Waals surface area contributed by atoms with Crippen molar-refractivity contribution >= 4 is 38.9 Å². The highest BCUT2D eigenvalue weighted by Gasteiger charge is 2.17. The lowest BCUT2D eigenvalue weighted by molar-refractivity contribution is 0.475. The van der Waals surface area contributed by atoms with Crippen LogP contribution in [0.2, 0.25) is 10.0 Å². The van der Waals surface area contributed by atoms with Crippen LogP contribution in [-0.4, -0.2) is 13.5 Å².